The van der Waals surface area contributed by atoms with Crippen molar-refractivity contribution in [3.8, 4) is 0 Å². The van der Waals surface area contributed by atoms with Crippen LogP contribution in [0.3, 0.4) is 0 Å². The largest absolute Gasteiger partial charge is 0.349 e. The van der Waals surface area contributed by atoms with Crippen LogP contribution in [0.2, 0.25) is 0 Å². The van der Waals surface area contributed by atoms with Crippen molar-refractivity contribution in [2.24, 2.45) is 0 Å². The van der Waals surface area contributed by atoms with Crippen molar-refractivity contribution < 1.29 is 0 Å². The number of nitrogens with one attached hydrogen (secondary N) is 1. The molecule has 0 bridgehead atoms. The van der Waals surface area contributed by atoms with Crippen molar-refractivity contribution in [3.05, 3.63) is 23.0 Å². The maximum atomic E-state index is 3.69. The maximum Gasteiger partial charge on any atom is 0.0225 e. The second-order valence-electron chi connectivity index (χ2n) is 5.00. The Kier molecular flexibility index (Phi) is 3.70. The van der Waals surface area contributed by atoms with Crippen LogP contribution < -0.4 is 5.32 Å². The molecular weight excluding hydrogens is 196 g/mol. The number of aromatic nitrogens is 1. The van der Waals surface area contributed by atoms with Crippen LogP contribution in [0, 0.1) is 13.8 Å². The fourth-order valence-corrected chi connectivity index (χ4v) is 2.92. The predicted molar refractivity (Wildman–Crippen MR) is 68.7 cm³/mol. The summed E-state index contributed by atoms with van der Waals surface area (Å²) in [6, 6.07) is 3.10. The van der Waals surface area contributed by atoms with Crippen molar-refractivity contribution in [1.29, 1.82) is 0 Å². The summed E-state index contributed by atoms with van der Waals surface area (Å²) < 4.78 is 2.39. The number of nitrogens with zero attached hydrogens (tertiary/aromatic N) is 1. The van der Waals surface area contributed by atoms with E-state index in [4.69, 9.17) is 0 Å². The first-order chi connectivity index (χ1) is 7.72. The first kappa shape index (κ1) is 11.7. The van der Waals surface area contributed by atoms with Gasteiger partial charge in [0.1, 0.15) is 0 Å². The molecule has 2 heteroatoms. The summed E-state index contributed by atoms with van der Waals surface area (Å²) in [7, 11) is 0. The van der Waals surface area contributed by atoms with E-state index in [1.807, 2.05) is 0 Å². The number of aryl methyl sites for hydroxylation is 1. The average molecular weight is 220 g/mol. The molecule has 0 spiro atoms. The van der Waals surface area contributed by atoms with Crippen LogP contribution >= 0.6 is 0 Å². The highest BCUT2D eigenvalue weighted by atomic mass is 15.0. The van der Waals surface area contributed by atoms with E-state index >= 15 is 0 Å². The van der Waals surface area contributed by atoms with Crippen molar-refractivity contribution in [2.45, 2.75) is 65.6 Å². The molecular formula is C14H24N2. The lowest BCUT2D eigenvalue weighted by Crippen LogP contribution is -2.25. The third-order valence-electron chi connectivity index (χ3n) is 3.93. The summed E-state index contributed by atoms with van der Waals surface area (Å²) >= 11 is 0. The lowest BCUT2D eigenvalue weighted by atomic mass is 10.2. The summed E-state index contributed by atoms with van der Waals surface area (Å²) in [5.41, 5.74) is 4.31. The minimum absolute atomic E-state index is 0.768. The van der Waals surface area contributed by atoms with Crippen LogP contribution in [0.15, 0.2) is 6.07 Å². The number of hydrogen-bond donors (Lipinski definition) is 1. The topological polar surface area (TPSA) is 17.0 Å². The van der Waals surface area contributed by atoms with E-state index in [9.17, 15) is 0 Å². The standard InChI is InChI=1S/C14H24N2/c1-4-16-11(2)9-13(12(16)3)10-15-14-7-5-6-8-14/h9,14-15H,4-8,10H2,1-3H3. The lowest BCUT2D eigenvalue weighted by molar-refractivity contribution is 0.522. The third kappa shape index (κ3) is 2.32. The Morgan fingerprint density at radius 1 is 1.31 bits per heavy atom. The molecule has 0 saturated heterocycles. The molecule has 0 unspecified atom stereocenters. The van der Waals surface area contributed by atoms with E-state index in [-0.39, 0.29) is 0 Å². The first-order valence-electron chi connectivity index (χ1n) is 6.61. The fraction of sp³-hybridized carbons (Fsp3) is 0.714. The molecule has 0 amide bonds. The van der Waals surface area contributed by atoms with Crippen LogP contribution in [0.5, 0.6) is 0 Å². The Morgan fingerprint density at radius 3 is 2.56 bits per heavy atom. The Balaban J connectivity index is 1.98. The molecule has 1 aliphatic rings. The Hall–Kier alpha value is -0.760. The second-order valence-corrected chi connectivity index (χ2v) is 5.00. The van der Waals surface area contributed by atoms with E-state index in [0.717, 1.165) is 19.1 Å². The van der Waals surface area contributed by atoms with Gasteiger partial charge < -0.3 is 9.88 Å². The first-order valence-corrected chi connectivity index (χ1v) is 6.61. The number of rotatable bonds is 4. The van der Waals surface area contributed by atoms with Gasteiger partial charge in [0.25, 0.3) is 0 Å². The van der Waals surface area contributed by atoms with Crippen molar-refractivity contribution in [2.75, 3.05) is 0 Å². The van der Waals surface area contributed by atoms with Gasteiger partial charge in [-0.2, -0.15) is 0 Å². The molecule has 0 aromatic carbocycles. The van der Waals surface area contributed by atoms with E-state index in [2.05, 4.69) is 36.7 Å². The van der Waals surface area contributed by atoms with Gasteiger partial charge in [-0.05, 0) is 45.2 Å². The second kappa shape index (κ2) is 5.05. The Labute approximate surface area is 99.0 Å². The molecule has 1 aromatic heterocycles. The van der Waals surface area contributed by atoms with E-state index in [1.54, 1.807) is 0 Å². The minimum atomic E-state index is 0.768. The van der Waals surface area contributed by atoms with Gasteiger partial charge in [-0.3, -0.25) is 0 Å². The van der Waals surface area contributed by atoms with Gasteiger partial charge in [0.05, 0.1) is 0 Å². The molecule has 1 fully saturated rings. The normalized spacial score (nSPS) is 17.2. The summed E-state index contributed by atoms with van der Waals surface area (Å²) in [4.78, 5) is 0. The molecule has 1 saturated carbocycles. The summed E-state index contributed by atoms with van der Waals surface area (Å²) in [5, 5.41) is 3.69. The third-order valence-corrected chi connectivity index (χ3v) is 3.93. The highest BCUT2D eigenvalue weighted by molar-refractivity contribution is 5.26. The van der Waals surface area contributed by atoms with Crippen LogP contribution in [0.1, 0.15) is 49.6 Å². The molecule has 0 aliphatic heterocycles. The van der Waals surface area contributed by atoms with E-state index in [0.29, 0.717) is 0 Å². The highest BCUT2D eigenvalue weighted by Gasteiger charge is 2.15. The SMILES string of the molecule is CCn1c(C)cc(CNC2CCCC2)c1C. The van der Waals surface area contributed by atoms with Crippen LogP contribution in [0.25, 0.3) is 0 Å². The summed E-state index contributed by atoms with van der Waals surface area (Å²) in [6.45, 7) is 8.79. The average Bonchev–Trinajstić information content (AvgIpc) is 2.85. The molecule has 2 nitrogen and oxygen atoms in total. The predicted octanol–water partition coefficient (Wildman–Crippen LogP) is 3.16. The van der Waals surface area contributed by atoms with Crippen LogP contribution in [-0.4, -0.2) is 10.6 Å². The zero-order chi connectivity index (χ0) is 11.5. The van der Waals surface area contributed by atoms with Gasteiger partial charge in [-0.25, -0.2) is 0 Å². The molecule has 1 heterocycles. The van der Waals surface area contributed by atoms with Crippen molar-refractivity contribution >= 4 is 0 Å². The van der Waals surface area contributed by atoms with Crippen LogP contribution in [-0.2, 0) is 13.1 Å². The smallest absolute Gasteiger partial charge is 0.0225 e. The molecule has 90 valence electrons. The zero-order valence-electron chi connectivity index (χ0n) is 10.8. The van der Waals surface area contributed by atoms with Gasteiger partial charge in [0.2, 0.25) is 0 Å². The van der Waals surface area contributed by atoms with Gasteiger partial charge in [-0.1, -0.05) is 12.8 Å². The van der Waals surface area contributed by atoms with Crippen LogP contribution in [0.4, 0.5) is 0 Å². The van der Waals surface area contributed by atoms with Gasteiger partial charge in [-0.15, -0.1) is 0 Å². The Morgan fingerprint density at radius 2 is 2.00 bits per heavy atom. The fourth-order valence-electron chi connectivity index (χ4n) is 2.92. The van der Waals surface area contributed by atoms with Crippen molar-refractivity contribution in [3.63, 3.8) is 0 Å². The molecule has 0 atom stereocenters. The molecule has 16 heavy (non-hydrogen) atoms. The quantitative estimate of drug-likeness (QED) is 0.824. The monoisotopic (exact) mass is 220 g/mol. The van der Waals surface area contributed by atoms with E-state index in [1.165, 1.54) is 42.6 Å². The molecule has 2 rings (SSSR count). The molecule has 1 aliphatic carbocycles. The lowest BCUT2D eigenvalue weighted by Gasteiger charge is -2.12. The van der Waals surface area contributed by atoms with E-state index < -0.39 is 0 Å². The molecule has 0 radical (unpaired) electrons. The number of hydrogen-bond acceptors (Lipinski definition) is 1. The van der Waals surface area contributed by atoms with Crippen molar-refractivity contribution in [1.82, 2.24) is 9.88 Å². The minimum Gasteiger partial charge on any atom is -0.349 e. The summed E-state index contributed by atoms with van der Waals surface area (Å²) in [6.07, 6.45) is 5.55. The van der Waals surface area contributed by atoms with Gasteiger partial charge in [0.15, 0.2) is 0 Å². The zero-order valence-corrected chi connectivity index (χ0v) is 10.8. The van der Waals surface area contributed by atoms with Gasteiger partial charge in [0, 0.05) is 30.5 Å². The molecule has 1 N–H and O–H groups in total. The highest BCUT2D eigenvalue weighted by Crippen LogP contribution is 2.19. The molecule has 1 aromatic rings. The Bertz CT molecular complexity index is 346. The summed E-state index contributed by atoms with van der Waals surface area (Å²) in [5.74, 6) is 0. The maximum absolute atomic E-state index is 3.69. The van der Waals surface area contributed by atoms with Gasteiger partial charge >= 0.3 is 0 Å².